The maximum atomic E-state index is 14.5. The van der Waals surface area contributed by atoms with E-state index in [2.05, 4.69) is 20.3 Å². The SMILES string of the molecule is CCc1csc(N[C@H](C(=O)N2CC(OC(=O)N3Cc4ccccc4C3)C[C@H]2C(=O)N[C@]2(C(=O)NS(=O)(=O)C3CC3)C[C@H]2CC)C(C)(C)C)n1. The lowest BCUT2D eigenvalue weighted by molar-refractivity contribution is -0.141. The van der Waals surface area contributed by atoms with Crippen molar-refractivity contribution in [3.05, 3.63) is 46.5 Å². The van der Waals surface area contributed by atoms with E-state index in [0.29, 0.717) is 37.5 Å². The number of nitrogens with zero attached hydrogens (tertiary/aromatic N) is 3. The van der Waals surface area contributed by atoms with Crippen LogP contribution in [0.2, 0.25) is 0 Å². The van der Waals surface area contributed by atoms with Gasteiger partial charge < -0.3 is 20.3 Å². The molecule has 5 atom stereocenters. The number of likely N-dealkylation sites (tertiary alicyclic amines) is 1. The Morgan fingerprint density at radius 3 is 2.33 bits per heavy atom. The second-order valence-corrected chi connectivity index (χ2v) is 17.6. The van der Waals surface area contributed by atoms with Gasteiger partial charge in [0.15, 0.2) is 5.13 Å². The number of benzene rings is 1. The van der Waals surface area contributed by atoms with E-state index < -0.39 is 62.3 Å². The van der Waals surface area contributed by atoms with Crippen LogP contribution >= 0.6 is 11.3 Å². The first kappa shape index (κ1) is 35.1. The highest BCUT2D eigenvalue weighted by Gasteiger charge is 2.62. The van der Waals surface area contributed by atoms with Gasteiger partial charge in [0.05, 0.1) is 17.5 Å². The number of fused-ring (bicyclic) bond motifs is 1. The fourth-order valence-corrected chi connectivity index (χ4v) is 9.01. The third-order valence-electron chi connectivity index (χ3n) is 10.1. The first-order valence-corrected chi connectivity index (χ1v) is 19.5. The molecule has 1 unspecified atom stereocenters. The third-order valence-corrected chi connectivity index (χ3v) is 12.7. The topological polar surface area (TPSA) is 167 Å². The highest BCUT2D eigenvalue weighted by Crippen LogP contribution is 2.47. The number of rotatable bonds is 11. The molecule has 0 radical (unpaired) electrons. The Labute approximate surface area is 291 Å². The lowest BCUT2D eigenvalue weighted by Crippen LogP contribution is -2.58. The molecule has 3 heterocycles. The van der Waals surface area contributed by atoms with Crippen molar-refractivity contribution in [2.75, 3.05) is 11.9 Å². The molecular formula is C34H46N6O7S2. The van der Waals surface area contributed by atoms with Crippen LogP contribution in [-0.4, -0.2) is 82.5 Å². The number of ether oxygens (including phenoxy) is 1. The van der Waals surface area contributed by atoms with Crippen LogP contribution in [0.5, 0.6) is 0 Å². The van der Waals surface area contributed by atoms with Crippen LogP contribution in [0, 0.1) is 11.3 Å². The number of sulfonamides is 1. The summed E-state index contributed by atoms with van der Waals surface area (Å²) in [5.41, 5.74) is 0.958. The van der Waals surface area contributed by atoms with Gasteiger partial charge in [0.2, 0.25) is 21.8 Å². The number of hydrogen-bond donors (Lipinski definition) is 3. The van der Waals surface area contributed by atoms with Gasteiger partial charge in [-0.05, 0) is 48.1 Å². The minimum absolute atomic E-state index is 0.0209. The molecule has 266 valence electrons. The molecule has 49 heavy (non-hydrogen) atoms. The quantitative estimate of drug-likeness (QED) is 0.316. The molecule has 4 aliphatic rings. The molecule has 3 fully saturated rings. The van der Waals surface area contributed by atoms with Gasteiger partial charge in [0.1, 0.15) is 23.7 Å². The zero-order chi connectivity index (χ0) is 35.3. The smallest absolute Gasteiger partial charge is 0.410 e. The predicted molar refractivity (Wildman–Crippen MR) is 184 cm³/mol. The fraction of sp³-hybridized carbons (Fsp3) is 0.618. The summed E-state index contributed by atoms with van der Waals surface area (Å²) in [5, 5.41) is 8.07. The van der Waals surface area contributed by atoms with E-state index in [1.165, 1.54) is 16.2 Å². The first-order valence-electron chi connectivity index (χ1n) is 17.1. The molecule has 2 aromatic rings. The Hall–Kier alpha value is -3.72. The summed E-state index contributed by atoms with van der Waals surface area (Å²) in [6, 6.07) is 5.91. The first-order chi connectivity index (χ1) is 23.1. The highest BCUT2D eigenvalue weighted by molar-refractivity contribution is 7.91. The van der Waals surface area contributed by atoms with E-state index >= 15 is 0 Å². The summed E-state index contributed by atoms with van der Waals surface area (Å²) in [4.78, 5) is 63.1. The summed E-state index contributed by atoms with van der Waals surface area (Å²) in [6.07, 6.45) is 1.25. The van der Waals surface area contributed by atoms with Crippen molar-refractivity contribution < 1.29 is 32.3 Å². The van der Waals surface area contributed by atoms with E-state index in [4.69, 9.17) is 4.74 Å². The number of carbonyl (C=O) groups excluding carboxylic acids is 4. The Bertz CT molecular complexity index is 1710. The lowest BCUT2D eigenvalue weighted by Gasteiger charge is -2.35. The normalized spacial score (nSPS) is 25.4. The molecule has 1 aromatic heterocycles. The van der Waals surface area contributed by atoms with Gasteiger partial charge in [-0.2, -0.15) is 0 Å². The molecule has 0 spiro atoms. The summed E-state index contributed by atoms with van der Waals surface area (Å²) in [5.74, 6) is -1.98. The Morgan fingerprint density at radius 2 is 1.78 bits per heavy atom. The number of nitrogens with one attached hydrogen (secondary N) is 3. The van der Waals surface area contributed by atoms with Crippen LogP contribution in [0.3, 0.4) is 0 Å². The average Bonchev–Trinajstić information content (AvgIpc) is 3.86. The molecule has 0 bridgehead atoms. The van der Waals surface area contributed by atoms with E-state index in [1.807, 2.05) is 64.3 Å². The zero-order valence-electron chi connectivity index (χ0n) is 28.7. The second kappa shape index (κ2) is 13.2. The predicted octanol–water partition coefficient (Wildman–Crippen LogP) is 3.55. The Morgan fingerprint density at radius 1 is 1.10 bits per heavy atom. The largest absolute Gasteiger partial charge is 0.444 e. The van der Waals surface area contributed by atoms with Crippen molar-refractivity contribution in [1.82, 2.24) is 24.8 Å². The molecule has 6 rings (SSSR count). The summed E-state index contributed by atoms with van der Waals surface area (Å²) in [7, 11) is -3.84. The van der Waals surface area contributed by atoms with Crippen LogP contribution in [-0.2, 0) is 48.7 Å². The van der Waals surface area contributed by atoms with Crippen molar-refractivity contribution >= 4 is 50.3 Å². The molecule has 2 saturated carbocycles. The summed E-state index contributed by atoms with van der Waals surface area (Å²) < 4.78 is 33.5. The van der Waals surface area contributed by atoms with Crippen molar-refractivity contribution in [3.63, 3.8) is 0 Å². The van der Waals surface area contributed by atoms with Gasteiger partial charge >= 0.3 is 6.09 Å². The van der Waals surface area contributed by atoms with Gasteiger partial charge in [0.25, 0.3) is 5.91 Å². The maximum Gasteiger partial charge on any atom is 0.410 e. The van der Waals surface area contributed by atoms with E-state index in [9.17, 15) is 27.6 Å². The number of aromatic nitrogens is 1. The lowest BCUT2D eigenvalue weighted by atomic mass is 9.85. The summed E-state index contributed by atoms with van der Waals surface area (Å²) >= 11 is 1.40. The molecule has 2 aliphatic carbocycles. The zero-order valence-corrected chi connectivity index (χ0v) is 30.3. The number of anilines is 1. The van der Waals surface area contributed by atoms with Gasteiger partial charge in [-0.1, -0.05) is 65.3 Å². The van der Waals surface area contributed by atoms with Crippen LogP contribution in [0.25, 0.3) is 0 Å². The minimum Gasteiger partial charge on any atom is -0.444 e. The van der Waals surface area contributed by atoms with E-state index in [-0.39, 0.29) is 31.2 Å². The van der Waals surface area contributed by atoms with Gasteiger partial charge in [-0.25, -0.2) is 18.2 Å². The average molecular weight is 715 g/mol. The van der Waals surface area contributed by atoms with Gasteiger partial charge in [-0.3, -0.25) is 24.0 Å². The number of hydrogen-bond acceptors (Lipinski definition) is 10. The molecule has 1 aromatic carbocycles. The fourth-order valence-electron chi connectivity index (χ4n) is 6.82. The van der Waals surface area contributed by atoms with Crippen LogP contribution in [0.4, 0.5) is 9.93 Å². The van der Waals surface area contributed by atoms with E-state index in [0.717, 1.165) is 23.2 Å². The van der Waals surface area contributed by atoms with Crippen molar-refractivity contribution in [2.24, 2.45) is 11.3 Å². The molecule has 13 nitrogen and oxygen atoms in total. The van der Waals surface area contributed by atoms with Crippen LogP contribution in [0.1, 0.15) is 83.5 Å². The minimum atomic E-state index is -3.84. The monoisotopic (exact) mass is 714 g/mol. The third kappa shape index (κ3) is 7.28. The molecule has 1 saturated heterocycles. The van der Waals surface area contributed by atoms with E-state index in [1.54, 1.807) is 4.90 Å². The number of carbonyl (C=O) groups is 4. The molecule has 15 heteroatoms. The number of amides is 4. The molecule has 4 amide bonds. The highest BCUT2D eigenvalue weighted by atomic mass is 32.2. The number of aryl methyl sites for hydroxylation is 1. The van der Waals surface area contributed by atoms with Gasteiger partial charge in [0, 0.05) is 24.9 Å². The van der Waals surface area contributed by atoms with Gasteiger partial charge in [-0.15, -0.1) is 11.3 Å². The van der Waals surface area contributed by atoms with Crippen molar-refractivity contribution in [3.8, 4) is 0 Å². The number of thiazole rings is 1. The second-order valence-electron chi connectivity index (χ2n) is 14.8. The van der Waals surface area contributed by atoms with Crippen molar-refractivity contribution in [2.45, 2.75) is 115 Å². The summed E-state index contributed by atoms with van der Waals surface area (Å²) in [6.45, 7) is 10.4. The van der Waals surface area contributed by atoms with Crippen molar-refractivity contribution in [1.29, 1.82) is 0 Å². The molecular weight excluding hydrogens is 669 g/mol. The maximum absolute atomic E-state index is 14.5. The standard InChI is InChI=1S/C34H46N6O7S2/c1-6-22-15-34(22,30(43)38-49(45,46)25-12-13-25)37-28(41)26-14-24(47-32(44)39-16-20-10-8-9-11-21(20)17-39)18-40(26)29(42)27(33(3,4)5)36-31-35-23(7-2)19-48-31/h8-11,19,22,24-27H,6-7,12-18H2,1-5H3,(H,35,36)(H,37,41)(H,38,43)/t22-,24?,26+,27-,34-/m1/s1. The molecule has 2 aliphatic heterocycles. The van der Waals surface area contributed by atoms with Crippen LogP contribution < -0.4 is 15.4 Å². The van der Waals surface area contributed by atoms with Crippen LogP contribution in [0.15, 0.2) is 29.6 Å². The Kier molecular flexibility index (Phi) is 9.46. The Balaban J connectivity index is 1.23. The molecule has 3 N–H and O–H groups in total.